The van der Waals surface area contributed by atoms with Crippen molar-refractivity contribution in [3.63, 3.8) is 0 Å². The summed E-state index contributed by atoms with van der Waals surface area (Å²) in [6.45, 7) is 3.96. The first-order chi connectivity index (χ1) is 8.86. The Morgan fingerprint density at radius 1 is 1.26 bits per heavy atom. The number of rotatable bonds is 5. The first kappa shape index (κ1) is 15.5. The summed E-state index contributed by atoms with van der Waals surface area (Å²) in [7, 11) is 0. The predicted octanol–water partition coefficient (Wildman–Crippen LogP) is 2.66. The summed E-state index contributed by atoms with van der Waals surface area (Å²) in [5.41, 5.74) is 5.10. The Labute approximate surface area is 110 Å². The number of carbonyl (C=O) groups excluding carboxylic acids is 1. The molecule has 0 saturated carbocycles. The molecule has 1 aromatic rings. The van der Waals surface area contributed by atoms with Gasteiger partial charge in [0.25, 0.3) is 0 Å². The second kappa shape index (κ2) is 6.56. The molecule has 0 radical (unpaired) electrons. The summed E-state index contributed by atoms with van der Waals surface area (Å²) in [6, 6.07) is 1.74. The minimum atomic E-state index is -1.61. The lowest BCUT2D eigenvalue weighted by atomic mass is 9.96. The smallest absolute Gasteiger partial charge is 0.228 e. The fourth-order valence-electron chi connectivity index (χ4n) is 1.74. The number of halogens is 3. The van der Waals surface area contributed by atoms with Crippen molar-refractivity contribution in [3.8, 4) is 0 Å². The van der Waals surface area contributed by atoms with Crippen LogP contribution in [-0.4, -0.2) is 12.5 Å². The van der Waals surface area contributed by atoms with Gasteiger partial charge in [-0.05, 0) is 24.5 Å². The predicted molar refractivity (Wildman–Crippen MR) is 66.9 cm³/mol. The molecule has 0 aliphatic rings. The van der Waals surface area contributed by atoms with E-state index in [9.17, 15) is 18.0 Å². The lowest BCUT2D eigenvalue weighted by molar-refractivity contribution is -0.120. The van der Waals surface area contributed by atoms with Gasteiger partial charge in [0.2, 0.25) is 5.91 Å². The molecule has 1 unspecified atom stereocenters. The zero-order chi connectivity index (χ0) is 14.6. The van der Waals surface area contributed by atoms with E-state index in [0.29, 0.717) is 6.42 Å². The second-order valence-corrected chi connectivity index (χ2v) is 4.77. The van der Waals surface area contributed by atoms with Gasteiger partial charge in [-0.1, -0.05) is 13.8 Å². The first-order valence-electron chi connectivity index (χ1n) is 6.01. The third kappa shape index (κ3) is 3.96. The Hall–Kier alpha value is -1.56. The average Bonchev–Trinajstić information content (AvgIpc) is 2.36. The van der Waals surface area contributed by atoms with E-state index in [1.54, 1.807) is 0 Å². The number of nitrogens with two attached hydrogens (primary N) is 1. The molecule has 0 aliphatic carbocycles. The van der Waals surface area contributed by atoms with Gasteiger partial charge >= 0.3 is 0 Å². The van der Waals surface area contributed by atoms with Crippen molar-refractivity contribution in [2.45, 2.75) is 20.3 Å². The Bertz CT molecular complexity index is 463. The molecular weight excluding hydrogens is 257 g/mol. The van der Waals surface area contributed by atoms with Crippen molar-refractivity contribution in [2.75, 3.05) is 11.9 Å². The van der Waals surface area contributed by atoms with Crippen LogP contribution in [0.25, 0.3) is 0 Å². The molecular formula is C13H17F3N2O. The number of hydrogen-bond donors (Lipinski definition) is 2. The summed E-state index contributed by atoms with van der Waals surface area (Å²) < 4.78 is 39.1. The van der Waals surface area contributed by atoms with Gasteiger partial charge in [-0.2, -0.15) is 0 Å². The highest BCUT2D eigenvalue weighted by Crippen LogP contribution is 2.21. The zero-order valence-corrected chi connectivity index (χ0v) is 10.8. The molecule has 1 amide bonds. The molecule has 0 aliphatic heterocycles. The summed E-state index contributed by atoms with van der Waals surface area (Å²) >= 11 is 0. The fourth-order valence-corrected chi connectivity index (χ4v) is 1.74. The van der Waals surface area contributed by atoms with Crippen LogP contribution in [0.3, 0.4) is 0 Å². The zero-order valence-electron chi connectivity index (χ0n) is 10.8. The van der Waals surface area contributed by atoms with Crippen LogP contribution in [0.1, 0.15) is 20.3 Å². The van der Waals surface area contributed by atoms with Crippen molar-refractivity contribution in [1.29, 1.82) is 0 Å². The van der Waals surface area contributed by atoms with Crippen molar-refractivity contribution in [2.24, 2.45) is 17.6 Å². The van der Waals surface area contributed by atoms with Crippen LogP contribution in [-0.2, 0) is 4.79 Å². The van der Waals surface area contributed by atoms with E-state index in [1.165, 1.54) is 0 Å². The lowest BCUT2D eigenvalue weighted by Crippen LogP contribution is -2.30. The maximum Gasteiger partial charge on any atom is 0.228 e. The van der Waals surface area contributed by atoms with E-state index in [4.69, 9.17) is 5.73 Å². The quantitative estimate of drug-likeness (QED) is 0.811. The van der Waals surface area contributed by atoms with Gasteiger partial charge < -0.3 is 11.1 Å². The molecule has 0 bridgehead atoms. The van der Waals surface area contributed by atoms with E-state index in [1.807, 2.05) is 13.8 Å². The van der Waals surface area contributed by atoms with Crippen LogP contribution >= 0.6 is 0 Å². The SMILES string of the molecule is CC(C)CC(CN)C(=O)Nc1ccc(F)c(F)c1F. The van der Waals surface area contributed by atoms with E-state index in [0.717, 1.165) is 12.1 Å². The maximum absolute atomic E-state index is 13.4. The largest absolute Gasteiger partial charge is 0.330 e. The molecule has 1 rings (SSSR count). The van der Waals surface area contributed by atoms with Crippen molar-refractivity contribution in [3.05, 3.63) is 29.6 Å². The normalized spacial score (nSPS) is 12.6. The molecule has 0 saturated heterocycles. The molecule has 0 fully saturated rings. The van der Waals surface area contributed by atoms with E-state index >= 15 is 0 Å². The highest BCUT2D eigenvalue weighted by Gasteiger charge is 2.21. The number of nitrogens with one attached hydrogen (secondary N) is 1. The molecule has 1 aromatic carbocycles. The lowest BCUT2D eigenvalue weighted by Gasteiger charge is -2.17. The van der Waals surface area contributed by atoms with Crippen LogP contribution < -0.4 is 11.1 Å². The molecule has 0 heterocycles. The van der Waals surface area contributed by atoms with Crippen molar-refractivity contribution < 1.29 is 18.0 Å². The van der Waals surface area contributed by atoms with Gasteiger partial charge in [0.15, 0.2) is 17.5 Å². The van der Waals surface area contributed by atoms with Gasteiger partial charge in [-0.15, -0.1) is 0 Å². The van der Waals surface area contributed by atoms with Crippen molar-refractivity contribution >= 4 is 11.6 Å². The van der Waals surface area contributed by atoms with Crippen LogP contribution in [0.5, 0.6) is 0 Å². The number of anilines is 1. The monoisotopic (exact) mass is 274 g/mol. The standard InChI is InChI=1S/C13H17F3N2O/c1-7(2)5-8(6-17)13(19)18-10-4-3-9(14)11(15)12(10)16/h3-4,7-8H,5-6,17H2,1-2H3,(H,18,19). The summed E-state index contributed by atoms with van der Waals surface area (Å²) in [5.74, 6) is -5.06. The molecule has 19 heavy (non-hydrogen) atoms. The van der Waals surface area contributed by atoms with E-state index < -0.39 is 29.3 Å². The highest BCUT2D eigenvalue weighted by molar-refractivity contribution is 5.92. The highest BCUT2D eigenvalue weighted by atomic mass is 19.2. The van der Waals surface area contributed by atoms with Gasteiger partial charge in [-0.3, -0.25) is 4.79 Å². The number of amides is 1. The molecule has 6 heteroatoms. The molecule has 0 aromatic heterocycles. The Balaban J connectivity index is 2.84. The molecule has 0 spiro atoms. The summed E-state index contributed by atoms with van der Waals surface area (Å²) in [4.78, 5) is 11.9. The number of hydrogen-bond acceptors (Lipinski definition) is 2. The van der Waals surface area contributed by atoms with Crippen LogP contribution in [0.4, 0.5) is 18.9 Å². The average molecular weight is 274 g/mol. The maximum atomic E-state index is 13.4. The first-order valence-corrected chi connectivity index (χ1v) is 6.01. The third-order valence-electron chi connectivity index (χ3n) is 2.70. The van der Waals surface area contributed by atoms with Gasteiger partial charge in [0.05, 0.1) is 11.6 Å². The van der Waals surface area contributed by atoms with Crippen LogP contribution in [0.2, 0.25) is 0 Å². The summed E-state index contributed by atoms with van der Waals surface area (Å²) in [6.07, 6.45) is 0.535. The molecule has 3 N–H and O–H groups in total. The Morgan fingerprint density at radius 3 is 2.42 bits per heavy atom. The molecule has 106 valence electrons. The van der Waals surface area contributed by atoms with Crippen LogP contribution in [0, 0.1) is 29.3 Å². The topological polar surface area (TPSA) is 55.1 Å². The van der Waals surface area contributed by atoms with Gasteiger partial charge in [0.1, 0.15) is 0 Å². The van der Waals surface area contributed by atoms with Gasteiger partial charge in [-0.25, -0.2) is 13.2 Å². The molecule has 1 atom stereocenters. The Kier molecular flexibility index (Phi) is 5.35. The van der Waals surface area contributed by atoms with Crippen LogP contribution in [0.15, 0.2) is 12.1 Å². The van der Waals surface area contributed by atoms with E-state index in [2.05, 4.69) is 5.32 Å². The van der Waals surface area contributed by atoms with Crippen molar-refractivity contribution in [1.82, 2.24) is 0 Å². The minimum absolute atomic E-state index is 0.106. The van der Waals surface area contributed by atoms with E-state index in [-0.39, 0.29) is 18.2 Å². The summed E-state index contributed by atoms with van der Waals surface area (Å²) in [5, 5.41) is 2.23. The third-order valence-corrected chi connectivity index (χ3v) is 2.70. The number of carbonyl (C=O) groups is 1. The Morgan fingerprint density at radius 2 is 1.89 bits per heavy atom. The molecule has 3 nitrogen and oxygen atoms in total. The second-order valence-electron chi connectivity index (χ2n) is 4.77. The minimum Gasteiger partial charge on any atom is -0.330 e. The van der Waals surface area contributed by atoms with Gasteiger partial charge in [0, 0.05) is 6.54 Å². The fraction of sp³-hybridized carbons (Fsp3) is 0.462. The number of benzene rings is 1.